The van der Waals surface area contributed by atoms with E-state index in [1.165, 1.54) is 4.68 Å². The molecule has 6 nitrogen and oxygen atoms in total. The predicted molar refractivity (Wildman–Crippen MR) is 105 cm³/mol. The molecule has 0 saturated carbocycles. The summed E-state index contributed by atoms with van der Waals surface area (Å²) in [6.07, 6.45) is 0. The van der Waals surface area contributed by atoms with Crippen LogP contribution in [0, 0.1) is 13.8 Å². The maximum absolute atomic E-state index is 12.6. The average Bonchev–Trinajstić information content (AvgIpc) is 2.65. The fourth-order valence-corrected chi connectivity index (χ4v) is 3.14. The number of nitrogens with one attached hydrogen (secondary N) is 1. The van der Waals surface area contributed by atoms with Crippen LogP contribution in [0.25, 0.3) is 10.8 Å². The highest BCUT2D eigenvalue weighted by Crippen LogP contribution is 2.14. The monoisotopic (exact) mass is 365 g/mol. The molecular weight excluding hydrogens is 342 g/mol. The second kappa shape index (κ2) is 8.14. The Morgan fingerprint density at radius 3 is 2.44 bits per heavy atom. The lowest BCUT2D eigenvalue weighted by molar-refractivity contribution is 0.0950. The SMILES string of the molecule is COCCn1nc(CNC(=O)c2cc(C)cc(C)c2)c2ccccc2c1=O. The van der Waals surface area contributed by atoms with Crippen LogP contribution in [0.15, 0.2) is 47.3 Å². The third-order valence-electron chi connectivity index (χ3n) is 4.35. The van der Waals surface area contributed by atoms with Gasteiger partial charge in [0.15, 0.2) is 0 Å². The lowest BCUT2D eigenvalue weighted by atomic mass is 10.1. The third kappa shape index (κ3) is 4.23. The van der Waals surface area contributed by atoms with Gasteiger partial charge in [0.1, 0.15) is 0 Å². The van der Waals surface area contributed by atoms with Crippen LogP contribution >= 0.6 is 0 Å². The molecule has 0 spiro atoms. The molecule has 1 amide bonds. The van der Waals surface area contributed by atoms with Crippen molar-refractivity contribution in [1.82, 2.24) is 15.1 Å². The summed E-state index contributed by atoms with van der Waals surface area (Å²) in [4.78, 5) is 25.1. The first kappa shape index (κ1) is 18.8. The van der Waals surface area contributed by atoms with Crippen molar-refractivity contribution >= 4 is 16.7 Å². The van der Waals surface area contributed by atoms with Crippen molar-refractivity contribution in [3.63, 3.8) is 0 Å². The van der Waals surface area contributed by atoms with E-state index in [0.717, 1.165) is 16.5 Å². The average molecular weight is 365 g/mol. The number of rotatable bonds is 6. The zero-order chi connectivity index (χ0) is 19.4. The van der Waals surface area contributed by atoms with Crippen LogP contribution < -0.4 is 10.9 Å². The predicted octanol–water partition coefficient (Wildman–Crippen LogP) is 2.59. The van der Waals surface area contributed by atoms with Gasteiger partial charge in [-0.05, 0) is 32.0 Å². The smallest absolute Gasteiger partial charge is 0.274 e. The summed E-state index contributed by atoms with van der Waals surface area (Å²) in [5.74, 6) is -0.165. The molecule has 0 atom stereocenters. The van der Waals surface area contributed by atoms with E-state index in [4.69, 9.17) is 4.74 Å². The fraction of sp³-hybridized carbons (Fsp3) is 0.286. The van der Waals surface area contributed by atoms with Crippen molar-refractivity contribution in [3.05, 3.63) is 75.2 Å². The van der Waals surface area contributed by atoms with Gasteiger partial charge in [-0.15, -0.1) is 0 Å². The summed E-state index contributed by atoms with van der Waals surface area (Å²) in [5, 5.41) is 8.69. The highest BCUT2D eigenvalue weighted by Gasteiger charge is 2.12. The van der Waals surface area contributed by atoms with Gasteiger partial charge in [0.2, 0.25) is 0 Å². The van der Waals surface area contributed by atoms with Crippen molar-refractivity contribution in [2.24, 2.45) is 0 Å². The Labute approximate surface area is 157 Å². The van der Waals surface area contributed by atoms with Gasteiger partial charge in [-0.3, -0.25) is 9.59 Å². The van der Waals surface area contributed by atoms with Gasteiger partial charge in [-0.2, -0.15) is 5.10 Å². The first-order valence-corrected chi connectivity index (χ1v) is 8.84. The number of carbonyl (C=O) groups is 1. The summed E-state index contributed by atoms with van der Waals surface area (Å²) in [6.45, 7) is 4.91. The van der Waals surface area contributed by atoms with Gasteiger partial charge >= 0.3 is 0 Å². The van der Waals surface area contributed by atoms with E-state index >= 15 is 0 Å². The Kier molecular flexibility index (Phi) is 5.66. The molecular formula is C21H23N3O3. The number of hydrogen-bond donors (Lipinski definition) is 1. The molecule has 0 aliphatic heterocycles. The lowest BCUT2D eigenvalue weighted by Crippen LogP contribution is -2.29. The minimum Gasteiger partial charge on any atom is -0.383 e. The molecule has 0 aliphatic carbocycles. The molecule has 0 fully saturated rings. The van der Waals surface area contributed by atoms with Gasteiger partial charge in [0.25, 0.3) is 11.5 Å². The Hall–Kier alpha value is -2.99. The zero-order valence-electron chi connectivity index (χ0n) is 15.8. The molecule has 0 unspecified atom stereocenters. The molecule has 0 aliphatic rings. The molecule has 0 radical (unpaired) electrons. The standard InChI is InChI=1S/C21H23N3O3/c1-14-10-15(2)12-16(11-14)20(25)22-13-19-17-6-4-5-7-18(17)21(26)24(23-19)8-9-27-3/h4-7,10-12H,8-9,13H2,1-3H3,(H,22,25). The maximum atomic E-state index is 12.6. The second-order valence-electron chi connectivity index (χ2n) is 6.57. The fourth-order valence-electron chi connectivity index (χ4n) is 3.14. The number of carbonyl (C=O) groups excluding carboxylic acids is 1. The molecule has 27 heavy (non-hydrogen) atoms. The van der Waals surface area contributed by atoms with E-state index in [0.29, 0.717) is 29.8 Å². The van der Waals surface area contributed by atoms with E-state index in [1.807, 2.05) is 50.2 Å². The largest absolute Gasteiger partial charge is 0.383 e. The van der Waals surface area contributed by atoms with Gasteiger partial charge in [-0.25, -0.2) is 4.68 Å². The number of amides is 1. The minimum atomic E-state index is -0.165. The number of ether oxygens (including phenoxy) is 1. The number of fused-ring (bicyclic) bond motifs is 1. The highest BCUT2D eigenvalue weighted by atomic mass is 16.5. The van der Waals surface area contributed by atoms with Crippen LogP contribution in [-0.4, -0.2) is 29.4 Å². The molecule has 1 heterocycles. The molecule has 0 saturated heterocycles. The van der Waals surface area contributed by atoms with E-state index in [2.05, 4.69) is 10.4 Å². The van der Waals surface area contributed by atoms with E-state index in [-0.39, 0.29) is 18.0 Å². The zero-order valence-corrected chi connectivity index (χ0v) is 15.8. The summed E-state index contributed by atoms with van der Waals surface area (Å²) < 4.78 is 6.45. The Morgan fingerprint density at radius 1 is 1.11 bits per heavy atom. The Balaban J connectivity index is 1.90. The normalized spacial score (nSPS) is 10.9. The third-order valence-corrected chi connectivity index (χ3v) is 4.35. The molecule has 1 N–H and O–H groups in total. The molecule has 1 aromatic heterocycles. The highest BCUT2D eigenvalue weighted by molar-refractivity contribution is 5.94. The number of aryl methyl sites for hydroxylation is 2. The van der Waals surface area contributed by atoms with Crippen LogP contribution in [0.3, 0.4) is 0 Å². The van der Waals surface area contributed by atoms with E-state index < -0.39 is 0 Å². The van der Waals surface area contributed by atoms with Crippen molar-refractivity contribution in [2.75, 3.05) is 13.7 Å². The molecule has 3 rings (SSSR count). The molecule has 6 heteroatoms. The van der Waals surface area contributed by atoms with Crippen molar-refractivity contribution in [1.29, 1.82) is 0 Å². The summed E-state index contributed by atoms with van der Waals surface area (Å²) in [5.41, 5.74) is 3.18. The quantitative estimate of drug-likeness (QED) is 0.729. The van der Waals surface area contributed by atoms with Crippen LogP contribution in [0.5, 0.6) is 0 Å². The summed E-state index contributed by atoms with van der Waals surface area (Å²) >= 11 is 0. The van der Waals surface area contributed by atoms with E-state index in [9.17, 15) is 9.59 Å². The van der Waals surface area contributed by atoms with Crippen molar-refractivity contribution in [2.45, 2.75) is 26.9 Å². The van der Waals surface area contributed by atoms with Crippen molar-refractivity contribution < 1.29 is 9.53 Å². The first-order valence-electron chi connectivity index (χ1n) is 8.84. The lowest BCUT2D eigenvalue weighted by Gasteiger charge is -2.12. The van der Waals surface area contributed by atoms with Crippen molar-refractivity contribution in [3.8, 4) is 0 Å². The van der Waals surface area contributed by atoms with Crippen LogP contribution in [0.2, 0.25) is 0 Å². The molecule has 2 aromatic carbocycles. The topological polar surface area (TPSA) is 73.2 Å². The number of hydrogen-bond acceptors (Lipinski definition) is 4. The van der Waals surface area contributed by atoms with E-state index in [1.54, 1.807) is 13.2 Å². The number of benzene rings is 2. The molecule has 3 aromatic rings. The summed E-state index contributed by atoms with van der Waals surface area (Å²) in [7, 11) is 1.58. The van der Waals surface area contributed by atoms with Crippen LogP contribution in [0.1, 0.15) is 27.2 Å². The molecule has 140 valence electrons. The van der Waals surface area contributed by atoms with Gasteiger partial charge in [0, 0.05) is 18.1 Å². The first-order chi connectivity index (χ1) is 13.0. The van der Waals surface area contributed by atoms with Gasteiger partial charge < -0.3 is 10.1 Å². The van der Waals surface area contributed by atoms with Crippen LogP contribution in [-0.2, 0) is 17.8 Å². The second-order valence-corrected chi connectivity index (χ2v) is 6.57. The maximum Gasteiger partial charge on any atom is 0.274 e. The van der Waals surface area contributed by atoms with Gasteiger partial charge in [0.05, 0.1) is 30.8 Å². The number of aromatic nitrogens is 2. The number of methoxy groups -OCH3 is 1. The Morgan fingerprint density at radius 2 is 1.78 bits per heavy atom. The summed E-state index contributed by atoms with van der Waals surface area (Å²) in [6, 6.07) is 13.0. The Bertz CT molecular complexity index is 1020. The minimum absolute atomic E-state index is 0.160. The van der Waals surface area contributed by atoms with Crippen LogP contribution in [0.4, 0.5) is 0 Å². The number of nitrogens with zero attached hydrogens (tertiary/aromatic N) is 2. The van der Waals surface area contributed by atoms with Gasteiger partial charge in [-0.1, -0.05) is 35.4 Å². The molecule has 0 bridgehead atoms.